The van der Waals surface area contributed by atoms with Gasteiger partial charge in [-0.25, -0.2) is 0 Å². The first-order valence-electron chi connectivity index (χ1n) is 9.01. The zero-order valence-electron chi connectivity index (χ0n) is 15.3. The predicted molar refractivity (Wildman–Crippen MR) is 95.0 cm³/mol. The van der Waals surface area contributed by atoms with Gasteiger partial charge in [-0.15, -0.1) is 5.10 Å². The third-order valence-corrected chi connectivity index (χ3v) is 4.81. The molecule has 6 heteroatoms. The lowest BCUT2D eigenvalue weighted by atomic mass is 10.0. The lowest BCUT2D eigenvalue weighted by molar-refractivity contribution is 0.0884. The summed E-state index contributed by atoms with van der Waals surface area (Å²) in [5.74, 6) is 0.724. The molecule has 2 atom stereocenters. The maximum absolute atomic E-state index is 9.69. The van der Waals surface area contributed by atoms with Gasteiger partial charge in [0.1, 0.15) is 11.6 Å². The average Bonchev–Trinajstić information content (AvgIpc) is 2.60. The van der Waals surface area contributed by atoms with Crippen LogP contribution >= 0.6 is 0 Å². The molecular formula is C18H29N5O. The van der Waals surface area contributed by atoms with Gasteiger partial charge in [0, 0.05) is 32.2 Å². The second kappa shape index (κ2) is 8.41. The first-order chi connectivity index (χ1) is 11.5. The summed E-state index contributed by atoms with van der Waals surface area (Å²) in [6, 6.07) is 2.72. The molecule has 2 heterocycles. The van der Waals surface area contributed by atoms with E-state index in [9.17, 15) is 10.4 Å². The number of anilines is 1. The maximum Gasteiger partial charge on any atom is 0.169 e. The van der Waals surface area contributed by atoms with E-state index in [2.05, 4.69) is 39.9 Å². The summed E-state index contributed by atoms with van der Waals surface area (Å²) in [6.45, 7) is 11.3. The Morgan fingerprint density at radius 2 is 2.00 bits per heavy atom. The van der Waals surface area contributed by atoms with E-state index in [1.165, 1.54) is 0 Å². The Labute approximate surface area is 145 Å². The summed E-state index contributed by atoms with van der Waals surface area (Å²) in [4.78, 5) is 4.53. The number of hydrogen-bond donors (Lipinski definition) is 1. The van der Waals surface area contributed by atoms with E-state index in [1.54, 1.807) is 0 Å². The summed E-state index contributed by atoms with van der Waals surface area (Å²) >= 11 is 0. The monoisotopic (exact) mass is 331 g/mol. The van der Waals surface area contributed by atoms with Crippen molar-refractivity contribution < 1.29 is 5.11 Å². The van der Waals surface area contributed by atoms with Gasteiger partial charge in [-0.05, 0) is 31.7 Å². The van der Waals surface area contributed by atoms with E-state index in [0.717, 1.165) is 56.0 Å². The Bertz CT molecular complexity index is 596. The predicted octanol–water partition coefficient (Wildman–Crippen LogP) is 1.75. The van der Waals surface area contributed by atoms with Crippen molar-refractivity contribution in [3.05, 3.63) is 16.8 Å². The highest BCUT2D eigenvalue weighted by molar-refractivity contribution is 5.58. The molecule has 0 radical (unpaired) electrons. The summed E-state index contributed by atoms with van der Waals surface area (Å²) < 4.78 is 0. The number of aromatic nitrogens is 2. The molecule has 2 rings (SSSR count). The Morgan fingerprint density at radius 3 is 2.54 bits per heavy atom. The molecule has 1 aromatic heterocycles. The SMILES string of the molecule is CCc1nnc(N2CCN(CC(C)O)C(CC)C2)c(C#N)c1CC. The number of aliphatic hydroxyl groups is 1. The quantitative estimate of drug-likeness (QED) is 0.856. The van der Waals surface area contributed by atoms with Crippen LogP contribution in [0.15, 0.2) is 0 Å². The van der Waals surface area contributed by atoms with Crippen LogP contribution in [0.2, 0.25) is 0 Å². The number of nitrogens with zero attached hydrogens (tertiary/aromatic N) is 5. The van der Waals surface area contributed by atoms with Crippen molar-refractivity contribution >= 4 is 5.82 Å². The average molecular weight is 331 g/mol. The highest BCUT2D eigenvalue weighted by atomic mass is 16.3. The van der Waals surface area contributed by atoms with Gasteiger partial charge in [0.25, 0.3) is 0 Å². The molecule has 6 nitrogen and oxygen atoms in total. The van der Waals surface area contributed by atoms with Gasteiger partial charge >= 0.3 is 0 Å². The molecule has 0 bridgehead atoms. The number of rotatable bonds is 6. The number of piperazine rings is 1. The molecule has 0 aliphatic carbocycles. The summed E-state index contributed by atoms with van der Waals surface area (Å²) in [7, 11) is 0. The lowest BCUT2D eigenvalue weighted by Crippen LogP contribution is -2.55. The first kappa shape index (κ1) is 18.6. The van der Waals surface area contributed by atoms with Crippen molar-refractivity contribution in [3.8, 4) is 6.07 Å². The fourth-order valence-corrected chi connectivity index (χ4v) is 3.55. The zero-order valence-corrected chi connectivity index (χ0v) is 15.3. The van der Waals surface area contributed by atoms with Crippen LogP contribution in [0.25, 0.3) is 0 Å². The Hall–Kier alpha value is -1.71. The molecule has 0 amide bonds. The molecule has 1 aromatic rings. The van der Waals surface area contributed by atoms with Gasteiger partial charge in [-0.2, -0.15) is 10.4 Å². The smallest absolute Gasteiger partial charge is 0.169 e. The van der Waals surface area contributed by atoms with Crippen molar-refractivity contribution in [2.75, 3.05) is 31.1 Å². The third kappa shape index (κ3) is 3.85. The van der Waals surface area contributed by atoms with Gasteiger partial charge in [0.2, 0.25) is 0 Å². The van der Waals surface area contributed by atoms with Gasteiger partial charge in [0.15, 0.2) is 5.82 Å². The number of nitriles is 1. The Kier molecular flexibility index (Phi) is 6.52. The van der Waals surface area contributed by atoms with E-state index in [0.29, 0.717) is 18.2 Å². The third-order valence-electron chi connectivity index (χ3n) is 4.81. The second-order valence-electron chi connectivity index (χ2n) is 6.49. The van der Waals surface area contributed by atoms with Crippen molar-refractivity contribution in [1.29, 1.82) is 5.26 Å². The van der Waals surface area contributed by atoms with E-state index in [1.807, 2.05) is 13.8 Å². The van der Waals surface area contributed by atoms with E-state index < -0.39 is 0 Å². The molecule has 132 valence electrons. The molecule has 1 N–H and O–H groups in total. The van der Waals surface area contributed by atoms with Crippen molar-refractivity contribution in [2.24, 2.45) is 0 Å². The maximum atomic E-state index is 9.69. The largest absolute Gasteiger partial charge is 0.392 e. The normalized spacial score (nSPS) is 20.0. The molecule has 1 aliphatic rings. The molecule has 0 aromatic carbocycles. The van der Waals surface area contributed by atoms with Crippen LogP contribution in [-0.2, 0) is 12.8 Å². The highest BCUT2D eigenvalue weighted by Crippen LogP contribution is 2.26. The minimum absolute atomic E-state index is 0.324. The van der Waals surface area contributed by atoms with Crippen LogP contribution in [0, 0.1) is 11.3 Å². The highest BCUT2D eigenvalue weighted by Gasteiger charge is 2.29. The van der Waals surface area contributed by atoms with Crippen LogP contribution in [-0.4, -0.2) is 58.5 Å². The van der Waals surface area contributed by atoms with E-state index >= 15 is 0 Å². The van der Waals surface area contributed by atoms with Gasteiger partial charge in [-0.1, -0.05) is 20.8 Å². The van der Waals surface area contributed by atoms with E-state index in [-0.39, 0.29) is 6.10 Å². The zero-order chi connectivity index (χ0) is 17.7. The minimum atomic E-state index is -0.324. The Balaban J connectivity index is 2.28. The summed E-state index contributed by atoms with van der Waals surface area (Å²) in [6.07, 6.45) is 2.28. The van der Waals surface area contributed by atoms with Crippen LogP contribution in [0.4, 0.5) is 5.82 Å². The molecule has 1 fully saturated rings. The van der Waals surface area contributed by atoms with Crippen LogP contribution < -0.4 is 4.90 Å². The van der Waals surface area contributed by atoms with Gasteiger partial charge in [0.05, 0.1) is 11.8 Å². The molecule has 0 spiro atoms. The summed E-state index contributed by atoms with van der Waals surface area (Å²) in [5.41, 5.74) is 2.64. The molecular weight excluding hydrogens is 302 g/mol. The lowest BCUT2D eigenvalue weighted by Gasteiger charge is -2.42. The standard InChI is InChI=1S/C18H29N5O/c1-5-14-12-23(9-8-22(14)11-13(4)24)18-16(10-19)15(6-2)17(7-3)20-21-18/h13-14,24H,5-9,11-12H2,1-4H3. The Morgan fingerprint density at radius 1 is 1.25 bits per heavy atom. The van der Waals surface area contributed by atoms with Gasteiger partial charge < -0.3 is 10.0 Å². The molecule has 2 unspecified atom stereocenters. The minimum Gasteiger partial charge on any atom is -0.392 e. The number of hydrogen-bond acceptors (Lipinski definition) is 6. The van der Waals surface area contributed by atoms with Crippen LogP contribution in [0.5, 0.6) is 0 Å². The first-order valence-corrected chi connectivity index (χ1v) is 9.01. The van der Waals surface area contributed by atoms with Crippen molar-refractivity contribution in [1.82, 2.24) is 15.1 Å². The molecule has 1 aliphatic heterocycles. The molecule has 24 heavy (non-hydrogen) atoms. The topological polar surface area (TPSA) is 76.3 Å². The molecule has 1 saturated heterocycles. The van der Waals surface area contributed by atoms with Gasteiger partial charge in [-0.3, -0.25) is 4.90 Å². The van der Waals surface area contributed by atoms with E-state index in [4.69, 9.17) is 0 Å². The van der Waals surface area contributed by atoms with Crippen molar-refractivity contribution in [3.63, 3.8) is 0 Å². The molecule has 0 saturated carbocycles. The number of aryl methyl sites for hydroxylation is 1. The number of aliphatic hydroxyl groups excluding tert-OH is 1. The van der Waals surface area contributed by atoms with Crippen LogP contribution in [0.1, 0.15) is 50.9 Å². The fourth-order valence-electron chi connectivity index (χ4n) is 3.55. The summed E-state index contributed by atoms with van der Waals surface area (Å²) in [5, 5.41) is 28.1. The fraction of sp³-hybridized carbons (Fsp3) is 0.722. The van der Waals surface area contributed by atoms with Crippen molar-refractivity contribution in [2.45, 2.75) is 59.1 Å². The van der Waals surface area contributed by atoms with Crippen LogP contribution in [0.3, 0.4) is 0 Å². The number of β-amino-alcohol motifs (C(OH)–C–C–N with tert-alkyl or cyclic N) is 1. The second-order valence-corrected chi connectivity index (χ2v) is 6.49.